The molecule has 0 radical (unpaired) electrons. The van der Waals surface area contributed by atoms with Gasteiger partial charge in [-0.1, -0.05) is 23.4 Å². The van der Waals surface area contributed by atoms with E-state index in [0.717, 1.165) is 4.90 Å². The summed E-state index contributed by atoms with van der Waals surface area (Å²) in [6, 6.07) is 0.720. The number of hydrogen-bond donors (Lipinski definition) is 3. The Bertz CT molecular complexity index is 1130. The minimum absolute atomic E-state index is 0.135. The summed E-state index contributed by atoms with van der Waals surface area (Å²) in [5.74, 6) is -1.05. The topological polar surface area (TPSA) is 117 Å². The summed E-state index contributed by atoms with van der Waals surface area (Å²) in [6.45, 7) is 6.16. The highest BCUT2D eigenvalue weighted by molar-refractivity contribution is 7.99. The predicted molar refractivity (Wildman–Crippen MR) is 138 cm³/mol. The molecule has 2 saturated heterocycles. The minimum Gasteiger partial charge on any atom is -0.390 e. The van der Waals surface area contributed by atoms with Crippen LogP contribution in [0, 0.1) is 11.3 Å². The first kappa shape index (κ1) is 25.7. The molecule has 1 saturated carbocycles. The van der Waals surface area contributed by atoms with E-state index in [4.69, 9.17) is 23.1 Å². The Hall–Kier alpha value is -1.95. The van der Waals surface area contributed by atoms with Crippen LogP contribution in [-0.2, 0) is 0 Å². The van der Waals surface area contributed by atoms with Crippen LogP contribution in [0.4, 0.5) is 26.2 Å². The molecule has 36 heavy (non-hydrogen) atoms. The van der Waals surface area contributed by atoms with E-state index >= 15 is 0 Å². The van der Waals surface area contributed by atoms with Crippen LogP contribution in [-0.4, -0.2) is 63.8 Å². The number of nitrogens with zero attached hydrogens (tertiary/aromatic N) is 5. The van der Waals surface area contributed by atoms with E-state index in [0.29, 0.717) is 67.1 Å². The van der Waals surface area contributed by atoms with Crippen molar-refractivity contribution in [3.05, 3.63) is 23.5 Å². The molecule has 0 amide bonds. The fraction of sp³-hybridized carbons (Fsp3) is 0.625. The lowest BCUT2D eigenvalue weighted by Crippen LogP contribution is -2.56. The van der Waals surface area contributed by atoms with Crippen LogP contribution >= 0.6 is 23.4 Å². The van der Waals surface area contributed by atoms with E-state index in [1.807, 2.05) is 29.7 Å². The lowest BCUT2D eigenvalue weighted by molar-refractivity contribution is -0.0279. The van der Waals surface area contributed by atoms with Crippen LogP contribution in [0.25, 0.3) is 0 Å². The van der Waals surface area contributed by atoms with E-state index < -0.39 is 23.0 Å². The SMILES string of the molecule is CC(C)(O)C1CN(c2nccc(Sc3ncc(N4CCC5(CC4)CCC(F)(F)C5N)nc3N)c2Cl)C1. The fourth-order valence-corrected chi connectivity index (χ4v) is 6.57. The van der Waals surface area contributed by atoms with Gasteiger partial charge in [-0.15, -0.1) is 0 Å². The predicted octanol–water partition coefficient (Wildman–Crippen LogP) is 3.81. The number of anilines is 3. The summed E-state index contributed by atoms with van der Waals surface area (Å²) in [5, 5.41) is 11.2. The molecule has 2 aromatic rings. The van der Waals surface area contributed by atoms with Crippen LogP contribution in [0.2, 0.25) is 5.02 Å². The number of nitrogen functional groups attached to an aromatic ring is 1. The third-order valence-electron chi connectivity index (χ3n) is 8.13. The van der Waals surface area contributed by atoms with Crippen molar-refractivity contribution in [1.82, 2.24) is 15.0 Å². The molecule has 12 heteroatoms. The van der Waals surface area contributed by atoms with Crippen molar-refractivity contribution >= 4 is 40.8 Å². The zero-order valence-electron chi connectivity index (χ0n) is 20.4. The van der Waals surface area contributed by atoms with Crippen LogP contribution in [0.1, 0.15) is 39.5 Å². The molecule has 8 nitrogen and oxygen atoms in total. The maximum atomic E-state index is 14.0. The van der Waals surface area contributed by atoms with Gasteiger partial charge >= 0.3 is 0 Å². The standard InChI is InChI=1S/C24H32ClF2N7OS/c1-22(2,35)14-12-34(13-14)19-17(25)15(3-8-30-19)36-20-18(28)32-16(11-31-20)33-9-6-23(7-10-33)4-5-24(26,27)21(23)29/h3,8,11,14,21,35H,4-7,9-10,12-13,29H2,1-2H3,(H2,28,32). The normalized spacial score (nSPS) is 23.8. The second-order valence-corrected chi connectivity index (χ2v) is 12.2. The number of pyridine rings is 1. The number of halogens is 3. The fourth-order valence-electron chi connectivity index (χ4n) is 5.45. The van der Waals surface area contributed by atoms with Crippen molar-refractivity contribution < 1.29 is 13.9 Å². The quantitative estimate of drug-likeness (QED) is 0.521. The lowest BCUT2D eigenvalue weighted by atomic mass is 9.74. The summed E-state index contributed by atoms with van der Waals surface area (Å²) >= 11 is 8.00. The first-order chi connectivity index (χ1) is 16.9. The maximum Gasteiger partial charge on any atom is 0.263 e. The van der Waals surface area contributed by atoms with Gasteiger partial charge in [0.05, 0.1) is 22.9 Å². The molecule has 1 atom stereocenters. The summed E-state index contributed by atoms with van der Waals surface area (Å²) in [4.78, 5) is 18.4. The smallest absolute Gasteiger partial charge is 0.263 e. The molecule has 5 N–H and O–H groups in total. The summed E-state index contributed by atoms with van der Waals surface area (Å²) in [7, 11) is 0. The molecule has 2 aliphatic heterocycles. The second-order valence-electron chi connectivity index (χ2n) is 10.8. The number of aliphatic hydroxyl groups is 1. The first-order valence-electron chi connectivity index (χ1n) is 12.2. The largest absolute Gasteiger partial charge is 0.390 e. The second kappa shape index (κ2) is 9.11. The van der Waals surface area contributed by atoms with Crippen molar-refractivity contribution in [3.8, 4) is 0 Å². The monoisotopic (exact) mass is 539 g/mol. The molecule has 4 heterocycles. The van der Waals surface area contributed by atoms with Gasteiger partial charge in [-0.2, -0.15) is 0 Å². The Kier molecular flexibility index (Phi) is 6.50. The summed E-state index contributed by atoms with van der Waals surface area (Å²) in [6.07, 6.45) is 4.88. The molecule has 5 rings (SSSR count). The number of alkyl halides is 2. The summed E-state index contributed by atoms with van der Waals surface area (Å²) in [5.41, 5.74) is 11.0. The van der Waals surface area contributed by atoms with E-state index in [1.165, 1.54) is 11.8 Å². The van der Waals surface area contributed by atoms with Crippen LogP contribution in [0.3, 0.4) is 0 Å². The molecule has 2 aromatic heterocycles. The number of rotatable bonds is 5. The molecule has 1 aliphatic carbocycles. The third-order valence-corrected chi connectivity index (χ3v) is 9.68. The van der Waals surface area contributed by atoms with Crippen molar-refractivity contribution in [2.75, 3.05) is 41.7 Å². The number of aromatic nitrogens is 3. The average molecular weight is 540 g/mol. The first-order valence-corrected chi connectivity index (χ1v) is 13.4. The highest BCUT2D eigenvalue weighted by Crippen LogP contribution is 2.52. The molecule has 196 valence electrons. The van der Waals surface area contributed by atoms with Gasteiger partial charge in [0.2, 0.25) is 0 Å². The highest BCUT2D eigenvalue weighted by atomic mass is 35.5. The van der Waals surface area contributed by atoms with Gasteiger partial charge in [-0.05, 0) is 44.6 Å². The number of nitrogens with two attached hydrogens (primary N) is 2. The van der Waals surface area contributed by atoms with E-state index in [9.17, 15) is 13.9 Å². The molecular weight excluding hydrogens is 508 g/mol. The molecule has 1 unspecified atom stereocenters. The number of hydrogen-bond acceptors (Lipinski definition) is 9. The van der Waals surface area contributed by atoms with Crippen LogP contribution < -0.4 is 21.3 Å². The van der Waals surface area contributed by atoms with Gasteiger partial charge in [0.15, 0.2) is 5.82 Å². The third kappa shape index (κ3) is 4.59. The van der Waals surface area contributed by atoms with E-state index in [-0.39, 0.29) is 18.2 Å². The molecule has 0 bridgehead atoms. The Morgan fingerprint density at radius 1 is 1.14 bits per heavy atom. The van der Waals surface area contributed by atoms with Crippen LogP contribution in [0.5, 0.6) is 0 Å². The van der Waals surface area contributed by atoms with Crippen molar-refractivity contribution in [3.63, 3.8) is 0 Å². The minimum atomic E-state index is -2.79. The lowest BCUT2D eigenvalue weighted by Gasteiger charge is -2.46. The Balaban J connectivity index is 1.25. The van der Waals surface area contributed by atoms with Gasteiger partial charge in [-0.3, -0.25) is 0 Å². The Morgan fingerprint density at radius 2 is 1.83 bits per heavy atom. The zero-order valence-corrected chi connectivity index (χ0v) is 22.0. The van der Waals surface area contributed by atoms with Crippen molar-refractivity contribution in [2.24, 2.45) is 17.1 Å². The van der Waals surface area contributed by atoms with Gasteiger partial charge in [0.25, 0.3) is 5.92 Å². The maximum absolute atomic E-state index is 14.0. The van der Waals surface area contributed by atoms with E-state index in [1.54, 1.807) is 12.4 Å². The molecule has 1 spiro atoms. The van der Waals surface area contributed by atoms with Crippen LogP contribution in [0.15, 0.2) is 28.4 Å². The molecule has 3 fully saturated rings. The van der Waals surface area contributed by atoms with Gasteiger partial charge in [0.1, 0.15) is 16.7 Å². The number of piperidine rings is 1. The molecular formula is C24H32ClF2N7OS. The Morgan fingerprint density at radius 3 is 2.42 bits per heavy atom. The van der Waals surface area contributed by atoms with E-state index in [2.05, 4.69) is 15.0 Å². The zero-order chi connectivity index (χ0) is 25.9. The van der Waals surface area contributed by atoms with Crippen molar-refractivity contribution in [1.29, 1.82) is 0 Å². The van der Waals surface area contributed by atoms with Crippen molar-refractivity contribution in [2.45, 2.75) is 67.0 Å². The average Bonchev–Trinajstić information content (AvgIpc) is 3.00. The molecule has 0 aromatic carbocycles. The van der Waals surface area contributed by atoms with Gasteiger partial charge in [0, 0.05) is 49.6 Å². The summed E-state index contributed by atoms with van der Waals surface area (Å²) < 4.78 is 28.1. The highest BCUT2D eigenvalue weighted by Gasteiger charge is 2.57. The molecule has 3 aliphatic rings. The Labute approximate surface area is 218 Å². The van der Waals surface area contributed by atoms with Gasteiger partial charge in [-0.25, -0.2) is 23.7 Å². The van der Waals surface area contributed by atoms with Gasteiger partial charge < -0.3 is 26.4 Å².